The molecule has 0 saturated heterocycles. The summed E-state index contributed by atoms with van der Waals surface area (Å²) < 4.78 is 28.1. The van der Waals surface area contributed by atoms with E-state index in [0.717, 1.165) is 23.0 Å². The Balaban J connectivity index is 2.31. The Bertz CT molecular complexity index is 601. The van der Waals surface area contributed by atoms with Crippen LogP contribution in [0.2, 0.25) is 0 Å². The molecule has 0 amide bonds. The Morgan fingerprint density at radius 3 is 2.65 bits per heavy atom. The first-order valence-electron chi connectivity index (χ1n) is 6.12. The zero-order valence-electron chi connectivity index (χ0n) is 10.7. The van der Waals surface area contributed by atoms with E-state index in [2.05, 4.69) is 37.2 Å². The Labute approximate surface area is 137 Å². The van der Waals surface area contributed by atoms with Gasteiger partial charge in [0.2, 0.25) is 0 Å². The fourth-order valence-electron chi connectivity index (χ4n) is 2.01. The quantitative estimate of drug-likeness (QED) is 0.629. The van der Waals surface area contributed by atoms with Gasteiger partial charge in [0, 0.05) is 27.2 Å². The van der Waals surface area contributed by atoms with Gasteiger partial charge < -0.3 is 5.32 Å². The number of benzene rings is 1. The van der Waals surface area contributed by atoms with Crippen LogP contribution in [0, 0.1) is 11.6 Å². The van der Waals surface area contributed by atoms with Crippen LogP contribution in [-0.4, -0.2) is 6.54 Å². The molecule has 20 heavy (non-hydrogen) atoms. The Morgan fingerprint density at radius 2 is 2.05 bits per heavy atom. The highest BCUT2D eigenvalue weighted by molar-refractivity contribution is 9.10. The minimum absolute atomic E-state index is 0.0602. The van der Waals surface area contributed by atoms with Crippen molar-refractivity contribution in [3.63, 3.8) is 0 Å². The van der Waals surface area contributed by atoms with E-state index in [1.165, 1.54) is 10.9 Å². The Morgan fingerprint density at radius 1 is 1.30 bits per heavy atom. The molecular formula is C14H13Br2F2NS. The van der Waals surface area contributed by atoms with Gasteiger partial charge in [-0.1, -0.05) is 13.0 Å². The lowest BCUT2D eigenvalue weighted by molar-refractivity contribution is 0.491. The first-order valence-corrected chi connectivity index (χ1v) is 8.59. The molecule has 0 bridgehead atoms. The summed E-state index contributed by atoms with van der Waals surface area (Å²) in [5.74, 6) is -1.67. The van der Waals surface area contributed by atoms with Crippen LogP contribution in [0.1, 0.15) is 23.4 Å². The van der Waals surface area contributed by atoms with Gasteiger partial charge in [0.1, 0.15) is 0 Å². The maximum absolute atomic E-state index is 13.7. The van der Waals surface area contributed by atoms with Crippen molar-refractivity contribution >= 4 is 43.2 Å². The SMILES string of the molecule is CCNC(Cc1cc(Br)cs1)c1ccc(F)c(F)c1Br. The summed E-state index contributed by atoms with van der Waals surface area (Å²) in [5, 5.41) is 5.33. The molecule has 0 aliphatic heterocycles. The van der Waals surface area contributed by atoms with Gasteiger partial charge in [-0.05, 0) is 56.1 Å². The van der Waals surface area contributed by atoms with Gasteiger partial charge in [0.05, 0.1) is 4.47 Å². The summed E-state index contributed by atoms with van der Waals surface area (Å²) in [6, 6.07) is 4.78. The number of likely N-dealkylation sites (N-methyl/N-ethyl adjacent to an activating group) is 1. The van der Waals surface area contributed by atoms with Crippen LogP contribution in [0.25, 0.3) is 0 Å². The van der Waals surface area contributed by atoms with Crippen molar-refractivity contribution in [3.05, 3.63) is 54.6 Å². The second-order valence-corrected chi connectivity index (χ2v) is 7.01. The number of nitrogens with one attached hydrogen (secondary N) is 1. The number of rotatable bonds is 5. The Hall–Kier alpha value is -0.300. The van der Waals surface area contributed by atoms with Gasteiger partial charge in [-0.2, -0.15) is 0 Å². The molecule has 0 radical (unpaired) electrons. The normalized spacial score (nSPS) is 12.7. The zero-order valence-corrected chi connectivity index (χ0v) is 14.7. The zero-order chi connectivity index (χ0) is 14.7. The highest BCUT2D eigenvalue weighted by atomic mass is 79.9. The monoisotopic (exact) mass is 423 g/mol. The molecule has 1 aromatic carbocycles. The van der Waals surface area contributed by atoms with Crippen LogP contribution >= 0.6 is 43.2 Å². The highest BCUT2D eigenvalue weighted by Gasteiger charge is 2.19. The van der Waals surface area contributed by atoms with Crippen LogP contribution in [0.15, 0.2) is 32.5 Å². The first kappa shape index (κ1) is 16.1. The molecule has 1 nitrogen and oxygen atoms in total. The molecule has 1 N–H and O–H groups in total. The van der Waals surface area contributed by atoms with Crippen molar-refractivity contribution in [1.29, 1.82) is 0 Å². The summed E-state index contributed by atoms with van der Waals surface area (Å²) in [4.78, 5) is 1.18. The van der Waals surface area contributed by atoms with Crippen LogP contribution in [0.3, 0.4) is 0 Å². The topological polar surface area (TPSA) is 12.0 Å². The molecule has 1 atom stereocenters. The van der Waals surface area contributed by atoms with Crippen molar-refractivity contribution in [3.8, 4) is 0 Å². The number of hydrogen-bond donors (Lipinski definition) is 1. The molecule has 0 aliphatic rings. The van der Waals surface area contributed by atoms with E-state index in [1.807, 2.05) is 18.4 Å². The van der Waals surface area contributed by atoms with Crippen LogP contribution < -0.4 is 5.32 Å². The van der Waals surface area contributed by atoms with Gasteiger partial charge in [0.25, 0.3) is 0 Å². The van der Waals surface area contributed by atoms with E-state index >= 15 is 0 Å². The maximum Gasteiger partial charge on any atom is 0.173 e. The smallest absolute Gasteiger partial charge is 0.173 e. The summed E-state index contributed by atoms with van der Waals surface area (Å²) in [6.45, 7) is 2.74. The average Bonchev–Trinajstić information content (AvgIpc) is 2.81. The van der Waals surface area contributed by atoms with Crippen molar-refractivity contribution < 1.29 is 8.78 Å². The molecule has 0 aliphatic carbocycles. The standard InChI is InChI=1S/C14H13Br2F2NS/c1-2-19-12(6-9-5-8(15)7-20-9)10-3-4-11(17)14(18)13(10)16/h3-5,7,12,19H,2,6H2,1H3. The van der Waals surface area contributed by atoms with E-state index in [-0.39, 0.29) is 10.5 Å². The van der Waals surface area contributed by atoms with E-state index < -0.39 is 11.6 Å². The minimum atomic E-state index is -0.838. The predicted molar refractivity (Wildman–Crippen MR) is 86.2 cm³/mol. The van der Waals surface area contributed by atoms with Gasteiger partial charge in [-0.25, -0.2) is 8.78 Å². The van der Waals surface area contributed by atoms with E-state index in [1.54, 1.807) is 17.4 Å². The van der Waals surface area contributed by atoms with Gasteiger partial charge >= 0.3 is 0 Å². The minimum Gasteiger partial charge on any atom is -0.310 e. The van der Waals surface area contributed by atoms with E-state index in [4.69, 9.17) is 0 Å². The van der Waals surface area contributed by atoms with Crippen molar-refractivity contribution in [1.82, 2.24) is 5.32 Å². The lowest BCUT2D eigenvalue weighted by Gasteiger charge is -2.19. The summed E-state index contributed by atoms with van der Waals surface area (Å²) in [7, 11) is 0. The summed E-state index contributed by atoms with van der Waals surface area (Å²) in [5.41, 5.74) is 0.732. The van der Waals surface area contributed by atoms with Gasteiger partial charge in [-0.15, -0.1) is 11.3 Å². The molecule has 1 aromatic heterocycles. The second-order valence-electron chi connectivity index (χ2n) is 4.31. The van der Waals surface area contributed by atoms with Gasteiger partial charge in [-0.3, -0.25) is 0 Å². The molecule has 6 heteroatoms. The molecule has 0 spiro atoms. The summed E-state index contributed by atoms with van der Waals surface area (Å²) in [6.07, 6.45) is 0.730. The second kappa shape index (κ2) is 7.11. The lowest BCUT2D eigenvalue weighted by Crippen LogP contribution is -2.23. The molecule has 1 unspecified atom stereocenters. The number of hydrogen-bond acceptors (Lipinski definition) is 2. The fourth-order valence-corrected chi connectivity index (χ4v) is 4.11. The van der Waals surface area contributed by atoms with E-state index in [0.29, 0.717) is 0 Å². The molecule has 2 aromatic rings. The molecule has 108 valence electrons. The maximum atomic E-state index is 13.7. The van der Waals surface area contributed by atoms with Crippen LogP contribution in [-0.2, 0) is 6.42 Å². The van der Waals surface area contributed by atoms with Crippen LogP contribution in [0.4, 0.5) is 8.78 Å². The average molecular weight is 425 g/mol. The van der Waals surface area contributed by atoms with E-state index in [9.17, 15) is 8.78 Å². The highest BCUT2D eigenvalue weighted by Crippen LogP contribution is 2.31. The molecule has 0 saturated carbocycles. The Kier molecular flexibility index (Phi) is 5.72. The molecule has 1 heterocycles. The van der Waals surface area contributed by atoms with Crippen molar-refractivity contribution in [2.75, 3.05) is 6.54 Å². The van der Waals surface area contributed by atoms with Crippen molar-refractivity contribution in [2.45, 2.75) is 19.4 Å². The fraction of sp³-hybridized carbons (Fsp3) is 0.286. The molecular weight excluding hydrogens is 412 g/mol. The third-order valence-electron chi connectivity index (χ3n) is 2.92. The largest absolute Gasteiger partial charge is 0.310 e. The first-order chi connectivity index (χ1) is 9.52. The number of halogens is 4. The predicted octanol–water partition coefficient (Wildman–Crippen LogP) is 5.44. The van der Waals surface area contributed by atoms with Crippen LogP contribution in [0.5, 0.6) is 0 Å². The summed E-state index contributed by atoms with van der Waals surface area (Å²) >= 11 is 8.23. The number of thiophene rings is 1. The van der Waals surface area contributed by atoms with Gasteiger partial charge in [0.15, 0.2) is 11.6 Å². The third kappa shape index (κ3) is 3.67. The third-order valence-corrected chi connectivity index (χ3v) is 5.44. The van der Waals surface area contributed by atoms with Crippen molar-refractivity contribution in [2.24, 2.45) is 0 Å². The lowest BCUT2D eigenvalue weighted by atomic mass is 10.0. The molecule has 2 rings (SSSR count). The molecule has 0 fully saturated rings.